The second kappa shape index (κ2) is 5.68. The van der Waals surface area contributed by atoms with E-state index >= 15 is 0 Å². The van der Waals surface area contributed by atoms with Crippen LogP contribution in [0.25, 0.3) is 5.57 Å². The van der Waals surface area contributed by atoms with E-state index < -0.39 is 0 Å². The maximum atomic E-state index is 4.22. The van der Waals surface area contributed by atoms with Crippen LogP contribution in [0.4, 0.5) is 0 Å². The second-order valence-electron chi connectivity index (χ2n) is 5.00. The van der Waals surface area contributed by atoms with Crippen molar-refractivity contribution < 1.29 is 0 Å². The third-order valence-electron chi connectivity index (χ3n) is 3.26. The van der Waals surface area contributed by atoms with Gasteiger partial charge in [0.15, 0.2) is 0 Å². The maximum absolute atomic E-state index is 4.22. The number of allylic oxidation sites excluding steroid dienone is 1. The molecule has 0 aliphatic rings. The van der Waals surface area contributed by atoms with E-state index in [9.17, 15) is 0 Å². The van der Waals surface area contributed by atoms with Gasteiger partial charge < -0.3 is 0 Å². The van der Waals surface area contributed by atoms with Gasteiger partial charge in [-0.05, 0) is 34.6 Å². The normalized spacial score (nSPS) is 10.6. The summed E-state index contributed by atoms with van der Waals surface area (Å²) in [4.78, 5) is 0. The van der Waals surface area contributed by atoms with Crippen molar-refractivity contribution in [3.8, 4) is 0 Å². The summed E-state index contributed by atoms with van der Waals surface area (Å²) in [5.74, 6) is 0.560. The van der Waals surface area contributed by atoms with E-state index in [1.165, 1.54) is 22.3 Å². The molecule has 0 radical (unpaired) electrons. The average Bonchev–Trinajstić information content (AvgIpc) is 2.40. The van der Waals surface area contributed by atoms with Crippen molar-refractivity contribution in [1.82, 2.24) is 0 Å². The minimum Gasteiger partial charge on any atom is -0.0949 e. The van der Waals surface area contributed by atoms with Gasteiger partial charge in [0.05, 0.1) is 0 Å². The molecule has 18 heavy (non-hydrogen) atoms. The zero-order valence-corrected chi connectivity index (χ0v) is 11.2. The Bertz CT molecular complexity index is 521. The van der Waals surface area contributed by atoms with Crippen molar-refractivity contribution in [2.24, 2.45) is 0 Å². The summed E-state index contributed by atoms with van der Waals surface area (Å²) in [5.41, 5.74) is 5.23. The van der Waals surface area contributed by atoms with Crippen LogP contribution >= 0.6 is 0 Å². The molecule has 0 unspecified atom stereocenters. The molecular weight excluding hydrogens is 216 g/mol. The van der Waals surface area contributed by atoms with Gasteiger partial charge in [0.1, 0.15) is 0 Å². The standard InChI is InChI=1S/C18H20/c1-14(2)18-12-8-7-11-17(18)13-15(3)16-9-5-4-6-10-16/h4-12,14H,3,13H2,1-2H3. The van der Waals surface area contributed by atoms with E-state index in [0.717, 1.165) is 6.42 Å². The average molecular weight is 236 g/mol. The molecule has 0 aliphatic carbocycles. The molecule has 0 atom stereocenters. The Morgan fingerprint density at radius 1 is 0.944 bits per heavy atom. The Hall–Kier alpha value is -1.82. The molecule has 0 heterocycles. The van der Waals surface area contributed by atoms with Gasteiger partial charge in [0.2, 0.25) is 0 Å². The molecule has 0 heteroatoms. The highest BCUT2D eigenvalue weighted by atomic mass is 14.1. The summed E-state index contributed by atoms with van der Waals surface area (Å²) >= 11 is 0. The Morgan fingerprint density at radius 2 is 1.56 bits per heavy atom. The van der Waals surface area contributed by atoms with Crippen LogP contribution in [0.2, 0.25) is 0 Å². The first-order valence-electron chi connectivity index (χ1n) is 6.49. The van der Waals surface area contributed by atoms with Crippen LogP contribution in [0, 0.1) is 0 Å². The van der Waals surface area contributed by atoms with Crippen LogP contribution < -0.4 is 0 Å². The molecule has 0 amide bonds. The highest BCUT2D eigenvalue weighted by Crippen LogP contribution is 2.24. The lowest BCUT2D eigenvalue weighted by atomic mass is 9.91. The minimum absolute atomic E-state index is 0.560. The van der Waals surface area contributed by atoms with Crippen molar-refractivity contribution in [1.29, 1.82) is 0 Å². The van der Waals surface area contributed by atoms with Gasteiger partial charge in [-0.25, -0.2) is 0 Å². The molecule has 2 rings (SSSR count). The van der Waals surface area contributed by atoms with Crippen molar-refractivity contribution in [3.05, 3.63) is 77.9 Å². The summed E-state index contributed by atoms with van der Waals surface area (Å²) < 4.78 is 0. The Morgan fingerprint density at radius 3 is 2.22 bits per heavy atom. The molecule has 0 aliphatic heterocycles. The van der Waals surface area contributed by atoms with Gasteiger partial charge >= 0.3 is 0 Å². The summed E-state index contributed by atoms with van der Waals surface area (Å²) in [6.45, 7) is 8.70. The highest BCUT2D eigenvalue weighted by Gasteiger charge is 2.07. The summed E-state index contributed by atoms with van der Waals surface area (Å²) in [6.07, 6.45) is 0.929. The lowest BCUT2D eigenvalue weighted by Crippen LogP contribution is -1.97. The van der Waals surface area contributed by atoms with Crippen LogP contribution in [0.1, 0.15) is 36.5 Å². The van der Waals surface area contributed by atoms with E-state index in [1.54, 1.807) is 0 Å². The highest BCUT2D eigenvalue weighted by molar-refractivity contribution is 5.66. The monoisotopic (exact) mass is 236 g/mol. The van der Waals surface area contributed by atoms with Crippen LogP contribution in [-0.2, 0) is 6.42 Å². The first-order chi connectivity index (χ1) is 8.68. The summed E-state index contributed by atoms with van der Waals surface area (Å²) in [5, 5.41) is 0. The fourth-order valence-electron chi connectivity index (χ4n) is 2.26. The van der Waals surface area contributed by atoms with Crippen molar-refractivity contribution in [3.63, 3.8) is 0 Å². The second-order valence-corrected chi connectivity index (χ2v) is 5.00. The molecule has 0 saturated heterocycles. The first kappa shape index (κ1) is 12.6. The van der Waals surface area contributed by atoms with Gasteiger partial charge in [0, 0.05) is 0 Å². The zero-order valence-electron chi connectivity index (χ0n) is 11.2. The molecule has 0 aromatic heterocycles. The van der Waals surface area contributed by atoms with Crippen LogP contribution in [0.5, 0.6) is 0 Å². The quantitative estimate of drug-likeness (QED) is 0.695. The van der Waals surface area contributed by atoms with Gasteiger partial charge in [-0.2, -0.15) is 0 Å². The number of hydrogen-bond acceptors (Lipinski definition) is 0. The molecule has 0 bridgehead atoms. The molecule has 2 aromatic carbocycles. The van der Waals surface area contributed by atoms with Crippen molar-refractivity contribution >= 4 is 5.57 Å². The minimum atomic E-state index is 0.560. The maximum Gasteiger partial charge on any atom is -0.00229 e. The van der Waals surface area contributed by atoms with Crippen LogP contribution in [-0.4, -0.2) is 0 Å². The summed E-state index contributed by atoms with van der Waals surface area (Å²) in [6, 6.07) is 19.1. The fourth-order valence-corrected chi connectivity index (χ4v) is 2.26. The molecule has 0 fully saturated rings. The van der Waals surface area contributed by atoms with Gasteiger partial charge in [-0.1, -0.05) is 75.0 Å². The smallest absolute Gasteiger partial charge is 0.00229 e. The number of benzene rings is 2. The molecule has 0 saturated carbocycles. The predicted octanol–water partition coefficient (Wildman–Crippen LogP) is 5.07. The van der Waals surface area contributed by atoms with E-state index in [0.29, 0.717) is 5.92 Å². The third-order valence-corrected chi connectivity index (χ3v) is 3.26. The molecular formula is C18H20. The fraction of sp³-hybridized carbons (Fsp3) is 0.222. The van der Waals surface area contributed by atoms with E-state index in [4.69, 9.17) is 0 Å². The van der Waals surface area contributed by atoms with Gasteiger partial charge in [-0.3, -0.25) is 0 Å². The predicted molar refractivity (Wildman–Crippen MR) is 79.7 cm³/mol. The van der Waals surface area contributed by atoms with Crippen LogP contribution in [0.15, 0.2) is 61.2 Å². The number of hydrogen-bond donors (Lipinski definition) is 0. The molecule has 0 nitrogen and oxygen atoms in total. The Labute approximate surface area is 110 Å². The van der Waals surface area contributed by atoms with Gasteiger partial charge in [0.25, 0.3) is 0 Å². The van der Waals surface area contributed by atoms with Crippen molar-refractivity contribution in [2.75, 3.05) is 0 Å². The van der Waals surface area contributed by atoms with Gasteiger partial charge in [-0.15, -0.1) is 0 Å². The molecule has 0 N–H and O–H groups in total. The third kappa shape index (κ3) is 2.89. The first-order valence-corrected chi connectivity index (χ1v) is 6.49. The van der Waals surface area contributed by atoms with E-state index in [1.807, 2.05) is 6.07 Å². The zero-order chi connectivity index (χ0) is 13.0. The van der Waals surface area contributed by atoms with Crippen molar-refractivity contribution in [2.45, 2.75) is 26.2 Å². The summed E-state index contributed by atoms with van der Waals surface area (Å²) in [7, 11) is 0. The Balaban J connectivity index is 2.22. The topological polar surface area (TPSA) is 0 Å². The molecule has 0 spiro atoms. The van der Waals surface area contributed by atoms with Crippen LogP contribution in [0.3, 0.4) is 0 Å². The lowest BCUT2D eigenvalue weighted by molar-refractivity contribution is 0.851. The molecule has 2 aromatic rings. The molecule has 92 valence electrons. The van der Waals surface area contributed by atoms with E-state index in [-0.39, 0.29) is 0 Å². The lowest BCUT2D eigenvalue weighted by Gasteiger charge is -2.14. The van der Waals surface area contributed by atoms with E-state index in [2.05, 4.69) is 69.0 Å². The largest absolute Gasteiger partial charge is 0.0949 e. The SMILES string of the molecule is C=C(Cc1ccccc1C(C)C)c1ccccc1. The number of rotatable bonds is 4. The Kier molecular flexibility index (Phi) is 3.99.